The van der Waals surface area contributed by atoms with E-state index >= 15 is 0 Å². The molecule has 18 heavy (non-hydrogen) atoms. The van der Waals surface area contributed by atoms with Crippen molar-refractivity contribution in [2.75, 3.05) is 18.2 Å². The van der Waals surface area contributed by atoms with Crippen molar-refractivity contribution in [3.63, 3.8) is 0 Å². The van der Waals surface area contributed by atoms with E-state index < -0.39 is 0 Å². The number of hydrogen-bond acceptors (Lipinski definition) is 7. The van der Waals surface area contributed by atoms with Crippen molar-refractivity contribution in [1.29, 1.82) is 0 Å². The van der Waals surface area contributed by atoms with Crippen molar-refractivity contribution in [3.05, 3.63) is 29.6 Å². The molecule has 0 saturated carbocycles. The zero-order chi connectivity index (χ0) is 13.0. The summed E-state index contributed by atoms with van der Waals surface area (Å²) in [6.07, 6.45) is 3.55. The van der Waals surface area contributed by atoms with Crippen LogP contribution in [0.2, 0.25) is 0 Å². The third-order valence-corrected chi connectivity index (χ3v) is 2.39. The van der Waals surface area contributed by atoms with Gasteiger partial charge in [0.1, 0.15) is 0 Å². The van der Waals surface area contributed by atoms with Gasteiger partial charge in [-0.15, -0.1) is 0 Å². The highest BCUT2D eigenvalue weighted by Crippen LogP contribution is 2.11. The Morgan fingerprint density at radius 1 is 1.33 bits per heavy atom. The average molecular weight is 246 g/mol. The van der Waals surface area contributed by atoms with Gasteiger partial charge < -0.3 is 15.8 Å². The number of anilines is 2. The Bertz CT molecular complexity index is 545. The van der Waals surface area contributed by atoms with E-state index in [9.17, 15) is 0 Å². The molecule has 0 atom stereocenters. The largest absolute Gasteiger partial charge is 0.467 e. The average Bonchev–Trinajstić information content (AvgIpc) is 2.37. The van der Waals surface area contributed by atoms with Gasteiger partial charge in [0.05, 0.1) is 7.11 Å². The second-order valence-corrected chi connectivity index (χ2v) is 3.66. The minimum atomic E-state index is 0.121. The Kier molecular flexibility index (Phi) is 3.52. The van der Waals surface area contributed by atoms with Crippen LogP contribution < -0.4 is 15.8 Å². The maximum absolute atomic E-state index is 5.54. The second-order valence-electron chi connectivity index (χ2n) is 3.66. The fourth-order valence-corrected chi connectivity index (χ4v) is 1.42. The van der Waals surface area contributed by atoms with Crippen molar-refractivity contribution in [3.8, 4) is 6.01 Å². The highest BCUT2D eigenvalue weighted by Gasteiger charge is 2.04. The van der Waals surface area contributed by atoms with E-state index in [-0.39, 0.29) is 12.0 Å². The number of nitrogens with zero attached hydrogens (tertiary/aromatic N) is 4. The van der Waals surface area contributed by atoms with Gasteiger partial charge in [0.25, 0.3) is 0 Å². The van der Waals surface area contributed by atoms with Gasteiger partial charge in [-0.2, -0.15) is 15.0 Å². The van der Waals surface area contributed by atoms with Gasteiger partial charge >= 0.3 is 6.01 Å². The number of ether oxygens (including phenoxy) is 1. The van der Waals surface area contributed by atoms with E-state index in [1.165, 1.54) is 7.11 Å². The fourth-order valence-electron chi connectivity index (χ4n) is 1.42. The van der Waals surface area contributed by atoms with E-state index in [2.05, 4.69) is 25.3 Å². The van der Waals surface area contributed by atoms with Crippen LogP contribution in [0.5, 0.6) is 6.01 Å². The quantitative estimate of drug-likeness (QED) is 0.822. The first kappa shape index (κ1) is 12.0. The van der Waals surface area contributed by atoms with Crippen LogP contribution in [0.4, 0.5) is 11.9 Å². The van der Waals surface area contributed by atoms with Crippen LogP contribution in [0.3, 0.4) is 0 Å². The number of rotatable bonds is 4. The maximum Gasteiger partial charge on any atom is 0.322 e. The first-order chi connectivity index (χ1) is 8.69. The second kappa shape index (κ2) is 5.26. The van der Waals surface area contributed by atoms with Gasteiger partial charge in [0.2, 0.25) is 11.9 Å². The lowest BCUT2D eigenvalue weighted by atomic mass is 10.1. The minimum Gasteiger partial charge on any atom is -0.467 e. The molecule has 7 nitrogen and oxygen atoms in total. The summed E-state index contributed by atoms with van der Waals surface area (Å²) in [6, 6.07) is 2.13. The zero-order valence-electron chi connectivity index (χ0n) is 10.2. The number of hydrogen-bond donors (Lipinski definition) is 2. The van der Waals surface area contributed by atoms with Crippen LogP contribution in [0.1, 0.15) is 11.1 Å². The molecule has 0 bridgehead atoms. The summed E-state index contributed by atoms with van der Waals surface area (Å²) in [5.74, 6) is 0.506. The number of nitrogens with one attached hydrogen (secondary N) is 1. The Morgan fingerprint density at radius 2 is 2.17 bits per heavy atom. The standard InChI is InChI=1S/C11H14N6O/c1-7-5-13-4-3-8(7)6-14-10-15-9(12)16-11(17-10)18-2/h3-5H,6H2,1-2H3,(H3,12,14,15,16,17). The monoisotopic (exact) mass is 246 g/mol. The maximum atomic E-state index is 5.54. The van der Waals surface area contributed by atoms with Gasteiger partial charge in [-0.25, -0.2) is 0 Å². The first-order valence-corrected chi connectivity index (χ1v) is 5.38. The number of nitrogen functional groups attached to an aromatic ring is 1. The summed E-state index contributed by atoms with van der Waals surface area (Å²) in [5, 5.41) is 3.07. The van der Waals surface area contributed by atoms with Gasteiger partial charge in [-0.05, 0) is 24.1 Å². The van der Waals surface area contributed by atoms with E-state index in [1.807, 2.05) is 13.0 Å². The van der Waals surface area contributed by atoms with E-state index in [0.717, 1.165) is 11.1 Å². The summed E-state index contributed by atoms with van der Waals surface area (Å²) in [4.78, 5) is 15.9. The highest BCUT2D eigenvalue weighted by molar-refractivity contribution is 5.34. The molecule has 2 rings (SSSR count). The van der Waals surface area contributed by atoms with E-state index in [0.29, 0.717) is 12.5 Å². The van der Waals surface area contributed by atoms with Crippen LogP contribution in [0, 0.1) is 6.92 Å². The van der Waals surface area contributed by atoms with Crippen molar-refractivity contribution in [1.82, 2.24) is 19.9 Å². The highest BCUT2D eigenvalue weighted by atomic mass is 16.5. The Balaban J connectivity index is 2.11. The molecule has 0 saturated heterocycles. The summed E-state index contributed by atoms with van der Waals surface area (Å²) < 4.78 is 4.92. The fraction of sp³-hybridized carbons (Fsp3) is 0.273. The molecule has 7 heteroatoms. The Morgan fingerprint density at radius 3 is 2.89 bits per heavy atom. The molecule has 0 amide bonds. The molecule has 2 aromatic heterocycles. The first-order valence-electron chi connectivity index (χ1n) is 5.38. The van der Waals surface area contributed by atoms with Crippen molar-refractivity contribution < 1.29 is 4.74 Å². The van der Waals surface area contributed by atoms with Crippen molar-refractivity contribution in [2.45, 2.75) is 13.5 Å². The number of pyridine rings is 1. The number of aryl methyl sites for hydroxylation is 1. The zero-order valence-corrected chi connectivity index (χ0v) is 10.2. The van der Waals surface area contributed by atoms with E-state index in [1.54, 1.807) is 12.4 Å². The lowest BCUT2D eigenvalue weighted by molar-refractivity contribution is 0.379. The minimum absolute atomic E-state index is 0.121. The van der Waals surface area contributed by atoms with Crippen LogP contribution in [0.25, 0.3) is 0 Å². The topological polar surface area (TPSA) is 98.8 Å². The lowest BCUT2D eigenvalue weighted by Crippen LogP contribution is -2.09. The number of methoxy groups -OCH3 is 1. The molecule has 94 valence electrons. The summed E-state index contributed by atoms with van der Waals surface area (Å²) in [5.41, 5.74) is 7.75. The molecular weight excluding hydrogens is 232 g/mol. The lowest BCUT2D eigenvalue weighted by Gasteiger charge is -2.08. The summed E-state index contributed by atoms with van der Waals surface area (Å²) in [7, 11) is 1.48. The van der Waals surface area contributed by atoms with Crippen molar-refractivity contribution in [2.24, 2.45) is 0 Å². The van der Waals surface area contributed by atoms with Crippen LogP contribution in [0.15, 0.2) is 18.5 Å². The summed E-state index contributed by atoms with van der Waals surface area (Å²) in [6.45, 7) is 2.58. The molecule has 0 aliphatic rings. The third kappa shape index (κ3) is 2.82. The molecule has 0 aliphatic heterocycles. The molecule has 0 aromatic carbocycles. The third-order valence-electron chi connectivity index (χ3n) is 2.39. The molecule has 0 fully saturated rings. The Hall–Kier alpha value is -2.44. The van der Waals surface area contributed by atoms with Gasteiger partial charge in [0, 0.05) is 18.9 Å². The predicted octanol–water partition coefficient (Wildman–Crippen LogP) is 0.778. The molecule has 2 aromatic rings. The van der Waals surface area contributed by atoms with Crippen molar-refractivity contribution >= 4 is 11.9 Å². The predicted molar refractivity (Wildman–Crippen MR) is 67.1 cm³/mol. The summed E-state index contributed by atoms with van der Waals surface area (Å²) >= 11 is 0. The molecule has 0 spiro atoms. The van der Waals surface area contributed by atoms with Gasteiger partial charge in [-0.3, -0.25) is 4.98 Å². The molecule has 0 aliphatic carbocycles. The number of nitrogens with two attached hydrogens (primary N) is 1. The van der Waals surface area contributed by atoms with Crippen LogP contribution in [-0.2, 0) is 6.54 Å². The molecular formula is C11H14N6O. The van der Waals surface area contributed by atoms with Crippen LogP contribution in [-0.4, -0.2) is 27.0 Å². The normalized spacial score (nSPS) is 10.1. The van der Waals surface area contributed by atoms with Crippen LogP contribution >= 0.6 is 0 Å². The van der Waals surface area contributed by atoms with E-state index in [4.69, 9.17) is 10.5 Å². The smallest absolute Gasteiger partial charge is 0.322 e. The van der Waals surface area contributed by atoms with Gasteiger partial charge in [-0.1, -0.05) is 0 Å². The number of aromatic nitrogens is 4. The Labute approximate surface area is 104 Å². The molecule has 0 unspecified atom stereocenters. The molecule has 3 N–H and O–H groups in total. The molecule has 2 heterocycles. The molecule has 0 radical (unpaired) electrons. The SMILES string of the molecule is COc1nc(N)nc(NCc2ccncc2C)n1. The van der Waals surface area contributed by atoms with Gasteiger partial charge in [0.15, 0.2) is 0 Å².